The van der Waals surface area contributed by atoms with E-state index >= 15 is 0 Å². The first-order chi connectivity index (χ1) is 8.58. The SMILES string of the molecule is Cc1ccc(O)c2c1C(C)CC2NC(C)C1CC1. The van der Waals surface area contributed by atoms with E-state index in [1.54, 1.807) is 0 Å². The highest BCUT2D eigenvalue weighted by Crippen LogP contribution is 2.46. The average Bonchev–Trinajstić information content (AvgIpc) is 3.10. The van der Waals surface area contributed by atoms with Gasteiger partial charge in [0.2, 0.25) is 0 Å². The van der Waals surface area contributed by atoms with Gasteiger partial charge in [-0.15, -0.1) is 0 Å². The van der Waals surface area contributed by atoms with Crippen molar-refractivity contribution >= 4 is 0 Å². The third-order valence-electron chi connectivity index (χ3n) is 4.71. The summed E-state index contributed by atoms with van der Waals surface area (Å²) in [5.74, 6) is 1.88. The maximum atomic E-state index is 10.2. The van der Waals surface area contributed by atoms with Crippen LogP contribution < -0.4 is 5.32 Å². The molecule has 0 spiro atoms. The van der Waals surface area contributed by atoms with Crippen LogP contribution in [-0.2, 0) is 0 Å². The van der Waals surface area contributed by atoms with Crippen molar-refractivity contribution in [3.05, 3.63) is 28.8 Å². The minimum atomic E-state index is 0.338. The Hall–Kier alpha value is -1.02. The minimum absolute atomic E-state index is 0.338. The van der Waals surface area contributed by atoms with E-state index in [1.807, 2.05) is 12.1 Å². The zero-order valence-electron chi connectivity index (χ0n) is 11.5. The zero-order chi connectivity index (χ0) is 12.9. The highest BCUT2D eigenvalue weighted by atomic mass is 16.3. The first kappa shape index (κ1) is 12.0. The molecule has 98 valence electrons. The molecule has 3 unspecified atom stereocenters. The summed E-state index contributed by atoms with van der Waals surface area (Å²) in [6.45, 7) is 6.71. The fraction of sp³-hybridized carbons (Fsp3) is 0.625. The van der Waals surface area contributed by atoms with E-state index in [9.17, 15) is 5.11 Å². The van der Waals surface area contributed by atoms with Crippen molar-refractivity contribution in [1.29, 1.82) is 0 Å². The molecule has 2 nitrogen and oxygen atoms in total. The number of phenols is 1. The summed E-state index contributed by atoms with van der Waals surface area (Å²) in [4.78, 5) is 0. The molecule has 1 saturated carbocycles. The number of nitrogens with one attached hydrogen (secondary N) is 1. The standard InChI is InChI=1S/C16H23NO/c1-9-4-7-14(18)16-13(8-10(2)15(9)16)17-11(3)12-5-6-12/h4,7,10-13,17-18H,5-6,8H2,1-3H3. The molecule has 3 atom stereocenters. The van der Waals surface area contributed by atoms with Crippen LogP contribution in [0.2, 0.25) is 0 Å². The van der Waals surface area contributed by atoms with Crippen molar-refractivity contribution in [3.63, 3.8) is 0 Å². The number of hydrogen-bond donors (Lipinski definition) is 2. The van der Waals surface area contributed by atoms with Gasteiger partial charge in [-0.3, -0.25) is 0 Å². The van der Waals surface area contributed by atoms with Crippen molar-refractivity contribution in [2.75, 3.05) is 0 Å². The molecular weight excluding hydrogens is 222 g/mol. The molecule has 0 aromatic heterocycles. The Morgan fingerprint density at radius 2 is 2.00 bits per heavy atom. The second-order valence-electron chi connectivity index (χ2n) is 6.21. The van der Waals surface area contributed by atoms with Crippen molar-refractivity contribution in [1.82, 2.24) is 5.32 Å². The second kappa shape index (κ2) is 4.27. The maximum Gasteiger partial charge on any atom is 0.120 e. The van der Waals surface area contributed by atoms with Crippen LogP contribution in [0, 0.1) is 12.8 Å². The van der Waals surface area contributed by atoms with Crippen LogP contribution in [0.3, 0.4) is 0 Å². The fourth-order valence-corrected chi connectivity index (χ4v) is 3.54. The Labute approximate surface area is 109 Å². The normalized spacial score (nSPS) is 28.2. The van der Waals surface area contributed by atoms with Gasteiger partial charge in [0.15, 0.2) is 0 Å². The Kier molecular flexibility index (Phi) is 2.86. The molecule has 0 aliphatic heterocycles. The number of fused-ring (bicyclic) bond motifs is 1. The van der Waals surface area contributed by atoms with Crippen molar-refractivity contribution in [3.8, 4) is 5.75 Å². The topological polar surface area (TPSA) is 32.3 Å². The number of phenolic OH excluding ortho intramolecular Hbond substituents is 1. The number of aromatic hydroxyl groups is 1. The van der Waals surface area contributed by atoms with E-state index in [4.69, 9.17) is 0 Å². The highest BCUT2D eigenvalue weighted by Gasteiger charge is 2.35. The molecule has 3 rings (SSSR count). The van der Waals surface area contributed by atoms with E-state index in [0.717, 1.165) is 17.9 Å². The fourth-order valence-electron chi connectivity index (χ4n) is 3.54. The van der Waals surface area contributed by atoms with E-state index in [2.05, 4.69) is 26.1 Å². The van der Waals surface area contributed by atoms with Gasteiger partial charge in [0.05, 0.1) is 0 Å². The summed E-state index contributed by atoms with van der Waals surface area (Å²) in [7, 11) is 0. The molecule has 18 heavy (non-hydrogen) atoms. The van der Waals surface area contributed by atoms with E-state index < -0.39 is 0 Å². The van der Waals surface area contributed by atoms with E-state index in [0.29, 0.717) is 23.8 Å². The van der Waals surface area contributed by atoms with Crippen LogP contribution in [0.4, 0.5) is 0 Å². The second-order valence-corrected chi connectivity index (χ2v) is 6.21. The molecule has 1 aromatic carbocycles. The quantitative estimate of drug-likeness (QED) is 0.852. The number of aryl methyl sites for hydroxylation is 1. The van der Waals surface area contributed by atoms with Gasteiger partial charge in [-0.25, -0.2) is 0 Å². The molecule has 2 heteroatoms. The molecule has 0 heterocycles. The summed E-state index contributed by atoms with van der Waals surface area (Å²) in [5.41, 5.74) is 3.85. The molecule has 0 bridgehead atoms. The van der Waals surface area contributed by atoms with E-state index in [1.165, 1.54) is 24.0 Å². The van der Waals surface area contributed by atoms with Gasteiger partial charge in [-0.1, -0.05) is 13.0 Å². The Balaban J connectivity index is 1.90. The number of hydrogen-bond acceptors (Lipinski definition) is 2. The maximum absolute atomic E-state index is 10.2. The lowest BCUT2D eigenvalue weighted by molar-refractivity contribution is 0.396. The monoisotopic (exact) mass is 245 g/mol. The molecule has 1 fully saturated rings. The molecule has 1 aromatic rings. The van der Waals surface area contributed by atoms with Crippen LogP contribution in [0.15, 0.2) is 12.1 Å². The molecule has 2 N–H and O–H groups in total. The molecular formula is C16H23NO. The van der Waals surface area contributed by atoms with Gasteiger partial charge < -0.3 is 10.4 Å². The van der Waals surface area contributed by atoms with Crippen LogP contribution in [0.1, 0.15) is 61.8 Å². The molecule has 2 aliphatic rings. The van der Waals surface area contributed by atoms with Crippen LogP contribution in [-0.4, -0.2) is 11.1 Å². The van der Waals surface area contributed by atoms with Crippen molar-refractivity contribution in [2.24, 2.45) is 5.92 Å². The lowest BCUT2D eigenvalue weighted by Crippen LogP contribution is -2.31. The minimum Gasteiger partial charge on any atom is -0.508 e. The summed E-state index contributed by atoms with van der Waals surface area (Å²) in [6.07, 6.45) is 3.84. The predicted octanol–water partition coefficient (Wildman–Crippen LogP) is 3.64. The summed E-state index contributed by atoms with van der Waals surface area (Å²) < 4.78 is 0. The molecule has 0 saturated heterocycles. The summed E-state index contributed by atoms with van der Waals surface area (Å²) >= 11 is 0. The summed E-state index contributed by atoms with van der Waals surface area (Å²) in [6, 6.07) is 4.80. The van der Waals surface area contributed by atoms with Crippen LogP contribution in [0.25, 0.3) is 0 Å². The lowest BCUT2D eigenvalue weighted by atomic mass is 9.97. The van der Waals surface area contributed by atoms with Crippen LogP contribution >= 0.6 is 0 Å². The Morgan fingerprint density at radius 3 is 2.67 bits per heavy atom. The molecule has 0 amide bonds. The summed E-state index contributed by atoms with van der Waals surface area (Å²) in [5, 5.41) is 13.9. The van der Waals surface area contributed by atoms with Gasteiger partial charge in [-0.05, 0) is 62.1 Å². The van der Waals surface area contributed by atoms with Crippen molar-refractivity contribution in [2.45, 2.75) is 58.0 Å². The van der Waals surface area contributed by atoms with Crippen molar-refractivity contribution < 1.29 is 5.11 Å². The van der Waals surface area contributed by atoms with Gasteiger partial charge in [0.1, 0.15) is 5.75 Å². The first-order valence-corrected chi connectivity index (χ1v) is 7.16. The lowest BCUT2D eigenvalue weighted by Gasteiger charge is -2.21. The smallest absolute Gasteiger partial charge is 0.120 e. The largest absolute Gasteiger partial charge is 0.508 e. The number of benzene rings is 1. The average molecular weight is 245 g/mol. The Morgan fingerprint density at radius 1 is 1.28 bits per heavy atom. The van der Waals surface area contributed by atoms with Crippen LogP contribution in [0.5, 0.6) is 5.75 Å². The van der Waals surface area contributed by atoms with E-state index in [-0.39, 0.29) is 0 Å². The van der Waals surface area contributed by atoms with Gasteiger partial charge in [0.25, 0.3) is 0 Å². The first-order valence-electron chi connectivity index (χ1n) is 7.16. The Bertz CT molecular complexity index is 464. The van der Waals surface area contributed by atoms with Gasteiger partial charge in [-0.2, -0.15) is 0 Å². The third kappa shape index (κ3) is 1.93. The highest BCUT2D eigenvalue weighted by molar-refractivity contribution is 5.50. The predicted molar refractivity (Wildman–Crippen MR) is 73.9 cm³/mol. The van der Waals surface area contributed by atoms with Gasteiger partial charge in [0, 0.05) is 17.6 Å². The number of rotatable bonds is 3. The van der Waals surface area contributed by atoms with Gasteiger partial charge >= 0.3 is 0 Å². The molecule has 0 radical (unpaired) electrons. The zero-order valence-corrected chi connectivity index (χ0v) is 11.5. The third-order valence-corrected chi connectivity index (χ3v) is 4.71. The molecule has 2 aliphatic carbocycles.